The van der Waals surface area contributed by atoms with Crippen LogP contribution in [0.1, 0.15) is 36.5 Å². The van der Waals surface area contributed by atoms with Gasteiger partial charge in [0.1, 0.15) is 5.75 Å². The molecule has 104 valence electrons. The zero-order valence-electron chi connectivity index (χ0n) is 11.0. The monoisotopic (exact) mass is 374 g/mol. The number of rotatable bonds is 2. The minimum Gasteiger partial charge on any atom is -0.507 e. The van der Waals surface area contributed by atoms with Gasteiger partial charge < -0.3 is 15.7 Å². The van der Waals surface area contributed by atoms with E-state index >= 15 is 0 Å². The van der Waals surface area contributed by atoms with E-state index in [4.69, 9.17) is 5.73 Å². The van der Waals surface area contributed by atoms with Gasteiger partial charge in [-0.1, -0.05) is 0 Å². The molecule has 1 fully saturated rings. The quantitative estimate of drug-likeness (QED) is 0.781. The van der Waals surface area contributed by atoms with Crippen LogP contribution >= 0.6 is 22.6 Å². The van der Waals surface area contributed by atoms with Crippen LogP contribution in [0, 0.1) is 3.57 Å². The Kier molecular flexibility index (Phi) is 4.67. The van der Waals surface area contributed by atoms with Gasteiger partial charge in [-0.2, -0.15) is 0 Å². The average Bonchev–Trinajstić information content (AvgIpc) is 2.40. The molecule has 0 aromatic heterocycles. The summed E-state index contributed by atoms with van der Waals surface area (Å²) in [4.78, 5) is 14.4. The van der Waals surface area contributed by atoms with Crippen molar-refractivity contribution in [3.63, 3.8) is 0 Å². The van der Waals surface area contributed by atoms with Gasteiger partial charge in [0, 0.05) is 22.2 Å². The third-order valence-corrected chi connectivity index (χ3v) is 4.28. The molecule has 1 heterocycles. The molecule has 4 nitrogen and oxygen atoms in total. The second kappa shape index (κ2) is 6.09. The lowest BCUT2D eigenvalue weighted by molar-refractivity contribution is 0.0580. The molecular weight excluding hydrogens is 355 g/mol. The number of nitrogens with zero attached hydrogens (tertiary/aromatic N) is 1. The fraction of sp³-hybridized carbons (Fsp3) is 0.500. The molecule has 2 unspecified atom stereocenters. The number of carbonyl (C=O) groups excluding carboxylic acids is 1. The molecule has 1 aromatic rings. The number of amides is 1. The van der Waals surface area contributed by atoms with Gasteiger partial charge in [0.25, 0.3) is 5.91 Å². The molecule has 19 heavy (non-hydrogen) atoms. The minimum absolute atomic E-state index is 0.0411. The number of halogens is 1. The molecule has 1 aromatic carbocycles. The summed E-state index contributed by atoms with van der Waals surface area (Å²) in [7, 11) is 0. The van der Waals surface area contributed by atoms with E-state index in [0.29, 0.717) is 5.56 Å². The molecule has 1 amide bonds. The molecule has 1 saturated heterocycles. The predicted molar refractivity (Wildman–Crippen MR) is 83.1 cm³/mol. The fourth-order valence-corrected chi connectivity index (χ4v) is 3.08. The van der Waals surface area contributed by atoms with Crippen LogP contribution in [-0.2, 0) is 0 Å². The van der Waals surface area contributed by atoms with E-state index in [-0.39, 0.29) is 23.7 Å². The van der Waals surface area contributed by atoms with Gasteiger partial charge in [0.15, 0.2) is 0 Å². The van der Waals surface area contributed by atoms with E-state index < -0.39 is 0 Å². The van der Waals surface area contributed by atoms with E-state index in [2.05, 4.69) is 22.6 Å². The molecular formula is C14H19IN2O2. The van der Waals surface area contributed by atoms with Crippen LogP contribution in [0.25, 0.3) is 0 Å². The number of nitrogens with two attached hydrogens (primary N) is 1. The Morgan fingerprint density at radius 1 is 1.53 bits per heavy atom. The van der Waals surface area contributed by atoms with Crippen LogP contribution in [-0.4, -0.2) is 34.5 Å². The number of hydrogen-bond donors (Lipinski definition) is 2. The van der Waals surface area contributed by atoms with Gasteiger partial charge in [0.2, 0.25) is 0 Å². The Hall–Kier alpha value is -0.820. The summed E-state index contributed by atoms with van der Waals surface area (Å²) in [6, 6.07) is 5.10. The molecule has 0 radical (unpaired) electrons. The molecule has 5 heteroatoms. The highest BCUT2D eigenvalue weighted by Gasteiger charge is 2.30. The third-order valence-electron chi connectivity index (χ3n) is 3.61. The zero-order valence-corrected chi connectivity index (χ0v) is 13.1. The first kappa shape index (κ1) is 14.6. The van der Waals surface area contributed by atoms with Crippen molar-refractivity contribution in [3.05, 3.63) is 27.3 Å². The van der Waals surface area contributed by atoms with Gasteiger partial charge in [-0.15, -0.1) is 0 Å². The first-order chi connectivity index (χ1) is 9.00. The predicted octanol–water partition coefficient (Wildman–Crippen LogP) is 2.34. The maximum Gasteiger partial charge on any atom is 0.257 e. The summed E-state index contributed by atoms with van der Waals surface area (Å²) in [6.07, 6.45) is 3.04. The highest BCUT2D eigenvalue weighted by Crippen LogP contribution is 2.26. The molecule has 3 N–H and O–H groups in total. The maximum absolute atomic E-state index is 12.6. The smallest absolute Gasteiger partial charge is 0.257 e. The van der Waals surface area contributed by atoms with Gasteiger partial charge in [-0.3, -0.25) is 4.79 Å². The van der Waals surface area contributed by atoms with Crippen LogP contribution in [0.3, 0.4) is 0 Å². The number of phenols is 1. The van der Waals surface area contributed by atoms with Gasteiger partial charge >= 0.3 is 0 Å². The molecule has 0 spiro atoms. The van der Waals surface area contributed by atoms with Gasteiger partial charge in [-0.25, -0.2) is 0 Å². The molecule has 0 bridgehead atoms. The van der Waals surface area contributed by atoms with Crippen molar-refractivity contribution >= 4 is 28.5 Å². The van der Waals surface area contributed by atoms with Crippen molar-refractivity contribution < 1.29 is 9.90 Å². The van der Waals surface area contributed by atoms with Crippen molar-refractivity contribution in [1.29, 1.82) is 0 Å². The summed E-state index contributed by atoms with van der Waals surface area (Å²) in [5.74, 6) is -0.0718. The number of aromatic hydroxyl groups is 1. The number of likely N-dealkylation sites (tertiary alicyclic amines) is 1. The molecule has 2 atom stereocenters. The third kappa shape index (κ3) is 3.20. The van der Waals surface area contributed by atoms with Crippen molar-refractivity contribution in [2.75, 3.05) is 6.54 Å². The lowest BCUT2D eigenvalue weighted by Gasteiger charge is -2.38. The lowest BCUT2D eigenvalue weighted by atomic mass is 9.96. The summed E-state index contributed by atoms with van der Waals surface area (Å²) < 4.78 is 0.938. The number of piperidine rings is 1. The topological polar surface area (TPSA) is 66.6 Å². The van der Waals surface area contributed by atoms with Crippen LogP contribution < -0.4 is 5.73 Å². The van der Waals surface area contributed by atoms with Crippen LogP contribution in [0.15, 0.2) is 18.2 Å². The minimum atomic E-state index is -0.113. The number of hydrogen-bond acceptors (Lipinski definition) is 3. The van der Waals surface area contributed by atoms with E-state index in [9.17, 15) is 9.90 Å². The second-order valence-electron chi connectivity index (χ2n) is 5.08. The Bertz CT molecular complexity index is 477. The van der Waals surface area contributed by atoms with E-state index in [1.165, 1.54) is 0 Å². The molecule has 1 aliphatic heterocycles. The summed E-state index contributed by atoms with van der Waals surface area (Å²) >= 11 is 2.14. The first-order valence-corrected chi connectivity index (χ1v) is 7.63. The van der Waals surface area contributed by atoms with E-state index in [1.54, 1.807) is 18.2 Å². The molecule has 0 saturated carbocycles. The average molecular weight is 374 g/mol. The van der Waals surface area contributed by atoms with Crippen LogP contribution in [0.4, 0.5) is 0 Å². The number of phenolic OH excluding ortho intramolecular Hbond substituents is 1. The highest BCUT2D eigenvalue weighted by atomic mass is 127. The molecule has 2 rings (SSSR count). The van der Waals surface area contributed by atoms with Crippen molar-refractivity contribution in [3.8, 4) is 5.75 Å². The Balaban J connectivity index is 2.28. The summed E-state index contributed by atoms with van der Waals surface area (Å²) in [5, 5.41) is 9.88. The maximum atomic E-state index is 12.6. The van der Waals surface area contributed by atoms with Gasteiger partial charge in [-0.05, 0) is 67.0 Å². The summed E-state index contributed by atoms with van der Waals surface area (Å²) in [6.45, 7) is 2.65. The Morgan fingerprint density at radius 3 is 2.95 bits per heavy atom. The van der Waals surface area contributed by atoms with Crippen molar-refractivity contribution in [1.82, 2.24) is 4.90 Å². The fourth-order valence-electron chi connectivity index (χ4n) is 2.59. The van der Waals surface area contributed by atoms with E-state index in [1.807, 2.05) is 11.8 Å². The molecule has 1 aliphatic rings. The number of benzene rings is 1. The largest absolute Gasteiger partial charge is 0.507 e. The van der Waals surface area contributed by atoms with Crippen molar-refractivity contribution in [2.24, 2.45) is 5.73 Å². The first-order valence-electron chi connectivity index (χ1n) is 6.56. The van der Waals surface area contributed by atoms with Crippen LogP contribution in [0.2, 0.25) is 0 Å². The zero-order chi connectivity index (χ0) is 14.0. The van der Waals surface area contributed by atoms with Gasteiger partial charge in [0.05, 0.1) is 5.56 Å². The van der Waals surface area contributed by atoms with Crippen LogP contribution in [0.5, 0.6) is 5.75 Å². The highest BCUT2D eigenvalue weighted by molar-refractivity contribution is 14.1. The lowest BCUT2D eigenvalue weighted by Crippen LogP contribution is -2.51. The summed E-state index contributed by atoms with van der Waals surface area (Å²) in [5.41, 5.74) is 6.36. The number of carbonyl (C=O) groups is 1. The normalized spacial score (nSPS) is 21.2. The van der Waals surface area contributed by atoms with Crippen molar-refractivity contribution in [2.45, 2.75) is 38.3 Å². The molecule has 0 aliphatic carbocycles. The van der Waals surface area contributed by atoms with E-state index in [0.717, 1.165) is 29.4 Å². The standard InChI is InChI=1S/C14H19IN2O2/c1-9(16)12-4-2-3-7-17(12)14(19)11-8-10(15)5-6-13(11)18/h5-6,8-9,12,18H,2-4,7,16H2,1H3. The Labute approximate surface area is 127 Å². The Morgan fingerprint density at radius 2 is 2.26 bits per heavy atom. The second-order valence-corrected chi connectivity index (χ2v) is 6.33. The SMILES string of the molecule is CC(N)C1CCCCN1C(=O)c1cc(I)ccc1O.